The van der Waals surface area contributed by atoms with Crippen molar-refractivity contribution in [2.24, 2.45) is 0 Å². The van der Waals surface area contributed by atoms with Crippen LogP contribution in [0.2, 0.25) is 0 Å². The molecule has 3 heterocycles. The van der Waals surface area contributed by atoms with Gasteiger partial charge in [-0.1, -0.05) is 42.5 Å². The van der Waals surface area contributed by atoms with Crippen molar-refractivity contribution >= 4 is 17.5 Å². The molecule has 130 valence electrons. The number of hydrogen-bond acceptors (Lipinski definition) is 4. The van der Waals surface area contributed by atoms with Crippen molar-refractivity contribution in [3.05, 3.63) is 77.5 Å². The highest BCUT2D eigenvalue weighted by Gasteiger charge is 2.22. The summed E-state index contributed by atoms with van der Waals surface area (Å²) in [4.78, 5) is 14.2. The van der Waals surface area contributed by atoms with Gasteiger partial charge in [-0.25, -0.2) is 4.98 Å². The molecule has 0 saturated heterocycles. The number of para-hydroxylation sites is 1. The fourth-order valence-corrected chi connectivity index (χ4v) is 4.08. The maximum Gasteiger partial charge on any atom is 0.231 e. The smallest absolute Gasteiger partial charge is 0.231 e. The summed E-state index contributed by atoms with van der Waals surface area (Å²) in [5.41, 5.74) is 5.50. The Kier molecular flexibility index (Phi) is 3.81. The van der Waals surface area contributed by atoms with Gasteiger partial charge in [-0.15, -0.1) is 0 Å². The molecule has 1 aromatic heterocycles. The van der Waals surface area contributed by atoms with E-state index in [9.17, 15) is 0 Å². The molecular formula is C22H22N4. The minimum Gasteiger partial charge on any atom is -0.352 e. The van der Waals surface area contributed by atoms with Gasteiger partial charge in [0.1, 0.15) is 5.82 Å². The maximum absolute atomic E-state index is 4.93. The van der Waals surface area contributed by atoms with Crippen molar-refractivity contribution in [1.82, 2.24) is 9.97 Å². The van der Waals surface area contributed by atoms with Crippen LogP contribution >= 0.6 is 0 Å². The van der Waals surface area contributed by atoms with Crippen molar-refractivity contribution < 1.29 is 0 Å². The summed E-state index contributed by atoms with van der Waals surface area (Å²) in [6.07, 6.45) is 5.24. The molecule has 2 aliphatic heterocycles. The summed E-state index contributed by atoms with van der Waals surface area (Å²) in [6.45, 7) is 2.90. The topological polar surface area (TPSA) is 32.3 Å². The van der Waals surface area contributed by atoms with E-state index >= 15 is 0 Å². The maximum atomic E-state index is 4.93. The van der Waals surface area contributed by atoms with Crippen LogP contribution in [0.1, 0.15) is 23.1 Å². The third-order valence-electron chi connectivity index (χ3n) is 5.43. The van der Waals surface area contributed by atoms with Crippen molar-refractivity contribution in [3.63, 3.8) is 0 Å². The number of fused-ring (bicyclic) bond motifs is 2. The summed E-state index contributed by atoms with van der Waals surface area (Å²) < 4.78 is 0. The molecule has 0 unspecified atom stereocenters. The van der Waals surface area contributed by atoms with Gasteiger partial charge in [-0.3, -0.25) is 0 Å². The van der Waals surface area contributed by atoms with Crippen LogP contribution in [0.4, 0.5) is 17.5 Å². The molecule has 4 heteroatoms. The van der Waals surface area contributed by atoms with Gasteiger partial charge in [0.15, 0.2) is 0 Å². The van der Waals surface area contributed by atoms with Crippen molar-refractivity contribution in [1.29, 1.82) is 0 Å². The summed E-state index contributed by atoms with van der Waals surface area (Å²) in [6, 6.07) is 19.4. The first-order valence-electron chi connectivity index (χ1n) is 9.39. The molecule has 0 atom stereocenters. The molecule has 4 nitrogen and oxygen atoms in total. The second kappa shape index (κ2) is 6.45. The number of anilines is 3. The lowest BCUT2D eigenvalue weighted by Crippen LogP contribution is -2.32. The van der Waals surface area contributed by atoms with Crippen LogP contribution in [-0.4, -0.2) is 23.1 Å². The molecule has 3 aromatic rings. The number of benzene rings is 2. The van der Waals surface area contributed by atoms with E-state index in [0.717, 1.165) is 50.7 Å². The van der Waals surface area contributed by atoms with Gasteiger partial charge >= 0.3 is 0 Å². The Morgan fingerprint density at radius 1 is 0.769 bits per heavy atom. The molecular weight excluding hydrogens is 320 g/mol. The zero-order chi connectivity index (χ0) is 17.3. The predicted molar refractivity (Wildman–Crippen MR) is 105 cm³/mol. The van der Waals surface area contributed by atoms with Gasteiger partial charge in [0, 0.05) is 31.5 Å². The number of nitrogens with zero attached hydrogens (tertiary/aromatic N) is 4. The number of aromatic nitrogens is 2. The average molecular weight is 342 g/mol. The Hall–Kier alpha value is -2.88. The van der Waals surface area contributed by atoms with Gasteiger partial charge < -0.3 is 9.80 Å². The Labute approximate surface area is 154 Å². The molecule has 0 bridgehead atoms. The van der Waals surface area contributed by atoms with Crippen molar-refractivity contribution in [2.75, 3.05) is 22.9 Å². The molecule has 26 heavy (non-hydrogen) atoms. The number of rotatable bonds is 2. The Morgan fingerprint density at radius 2 is 1.58 bits per heavy atom. The highest BCUT2D eigenvalue weighted by molar-refractivity contribution is 5.64. The van der Waals surface area contributed by atoms with Gasteiger partial charge in [0.25, 0.3) is 0 Å². The third-order valence-corrected chi connectivity index (χ3v) is 5.43. The minimum absolute atomic E-state index is 0.813. The van der Waals surface area contributed by atoms with E-state index in [0.29, 0.717) is 0 Å². The summed E-state index contributed by atoms with van der Waals surface area (Å²) in [5.74, 6) is 1.83. The predicted octanol–water partition coefficient (Wildman–Crippen LogP) is 4.12. The lowest BCUT2D eigenvalue weighted by molar-refractivity contribution is 0.712. The minimum atomic E-state index is 0.813. The highest BCUT2D eigenvalue weighted by atomic mass is 15.3. The fourth-order valence-electron chi connectivity index (χ4n) is 4.08. The molecule has 0 fully saturated rings. The molecule has 5 rings (SSSR count). The van der Waals surface area contributed by atoms with E-state index < -0.39 is 0 Å². The first-order chi connectivity index (χ1) is 12.9. The van der Waals surface area contributed by atoms with Crippen LogP contribution < -0.4 is 9.80 Å². The second-order valence-electron chi connectivity index (χ2n) is 7.04. The van der Waals surface area contributed by atoms with Crippen LogP contribution in [0.25, 0.3) is 0 Å². The van der Waals surface area contributed by atoms with Crippen molar-refractivity contribution in [3.8, 4) is 0 Å². The molecule has 0 aliphatic carbocycles. The van der Waals surface area contributed by atoms with Crippen LogP contribution in [0.5, 0.6) is 0 Å². The molecule has 0 N–H and O–H groups in total. The second-order valence-corrected chi connectivity index (χ2v) is 7.04. The lowest BCUT2D eigenvalue weighted by Gasteiger charge is -2.32. The molecule has 0 radical (unpaired) electrons. The Bertz CT molecular complexity index is 937. The van der Waals surface area contributed by atoms with E-state index in [-0.39, 0.29) is 0 Å². The van der Waals surface area contributed by atoms with E-state index in [1.807, 2.05) is 12.3 Å². The molecule has 2 aromatic carbocycles. The van der Waals surface area contributed by atoms with E-state index in [4.69, 9.17) is 4.98 Å². The zero-order valence-electron chi connectivity index (χ0n) is 14.8. The number of aryl methyl sites for hydroxylation is 1. The zero-order valence-corrected chi connectivity index (χ0v) is 14.8. The molecule has 0 spiro atoms. The van der Waals surface area contributed by atoms with Gasteiger partial charge in [-0.05, 0) is 48.1 Å². The van der Waals surface area contributed by atoms with Gasteiger partial charge in [0.2, 0.25) is 5.95 Å². The number of hydrogen-bond donors (Lipinski definition) is 0. The van der Waals surface area contributed by atoms with Crippen LogP contribution in [0.3, 0.4) is 0 Å². The van der Waals surface area contributed by atoms with E-state index in [1.54, 1.807) is 0 Å². The average Bonchev–Trinajstić information content (AvgIpc) is 2.73. The van der Waals surface area contributed by atoms with E-state index in [1.165, 1.54) is 22.4 Å². The normalized spacial score (nSPS) is 16.2. The van der Waals surface area contributed by atoms with Crippen LogP contribution in [0, 0.1) is 0 Å². The molecule has 2 aliphatic rings. The fraction of sp³-hybridized carbons (Fsp3) is 0.273. The standard InChI is InChI=1S/C22H22N4/c1-2-8-19-16-25(15-12-17(19)6-1)21-11-13-23-22(24-21)26-14-5-9-18-7-3-4-10-20(18)26/h1-4,6-8,10-11,13H,5,9,12,14-16H2. The SMILES string of the molecule is c1ccc2c(c1)CCN(c1ccnc(N3CCCc4ccccc43)n1)C2. The third kappa shape index (κ3) is 2.71. The van der Waals surface area contributed by atoms with Gasteiger partial charge in [-0.2, -0.15) is 4.98 Å². The highest BCUT2D eigenvalue weighted by Crippen LogP contribution is 2.32. The molecule has 0 saturated carbocycles. The van der Waals surface area contributed by atoms with Crippen LogP contribution in [-0.2, 0) is 19.4 Å². The summed E-state index contributed by atoms with van der Waals surface area (Å²) in [5, 5.41) is 0. The largest absolute Gasteiger partial charge is 0.352 e. The van der Waals surface area contributed by atoms with Crippen molar-refractivity contribution in [2.45, 2.75) is 25.8 Å². The van der Waals surface area contributed by atoms with Crippen LogP contribution in [0.15, 0.2) is 60.8 Å². The first-order valence-corrected chi connectivity index (χ1v) is 9.39. The van der Waals surface area contributed by atoms with Gasteiger partial charge in [0.05, 0.1) is 0 Å². The Balaban J connectivity index is 1.46. The molecule has 0 amide bonds. The Morgan fingerprint density at radius 3 is 2.50 bits per heavy atom. The summed E-state index contributed by atoms with van der Waals surface area (Å²) in [7, 11) is 0. The lowest BCUT2D eigenvalue weighted by atomic mass is 10.00. The quantitative estimate of drug-likeness (QED) is 0.701. The summed E-state index contributed by atoms with van der Waals surface area (Å²) >= 11 is 0. The monoisotopic (exact) mass is 342 g/mol. The first kappa shape index (κ1) is 15.4. The van der Waals surface area contributed by atoms with E-state index in [2.05, 4.69) is 63.3 Å².